The van der Waals surface area contributed by atoms with Crippen LogP contribution in [-0.2, 0) is 29.1 Å². The largest absolute Gasteiger partial charge is 0.489 e. The number of amides is 2. The average molecular weight is 514 g/mol. The summed E-state index contributed by atoms with van der Waals surface area (Å²) in [6, 6.07) is 19.5. The molecule has 0 saturated heterocycles. The molecular formula is C31H33N2O5. The molecule has 0 spiro atoms. The molecule has 38 heavy (non-hydrogen) atoms. The summed E-state index contributed by atoms with van der Waals surface area (Å²) in [6.07, 6.45) is 1.75. The quantitative estimate of drug-likeness (QED) is 0.264. The van der Waals surface area contributed by atoms with Crippen molar-refractivity contribution in [3.8, 4) is 16.9 Å². The van der Waals surface area contributed by atoms with Crippen LogP contribution in [0.3, 0.4) is 0 Å². The van der Waals surface area contributed by atoms with Gasteiger partial charge in [0.05, 0.1) is 6.26 Å². The molecule has 197 valence electrons. The highest BCUT2D eigenvalue weighted by atomic mass is 16.6. The molecule has 0 bridgehead atoms. The van der Waals surface area contributed by atoms with E-state index in [4.69, 9.17) is 13.9 Å². The Hall–Kier alpha value is -4.26. The molecule has 1 radical (unpaired) electrons. The number of alkyl carbamates (subject to hydrolysis) is 1. The van der Waals surface area contributed by atoms with E-state index >= 15 is 0 Å². The van der Waals surface area contributed by atoms with Gasteiger partial charge in [0.1, 0.15) is 23.5 Å². The van der Waals surface area contributed by atoms with Crippen LogP contribution in [0.25, 0.3) is 22.1 Å². The van der Waals surface area contributed by atoms with Crippen LogP contribution < -0.4 is 15.4 Å². The van der Waals surface area contributed by atoms with Crippen molar-refractivity contribution in [2.24, 2.45) is 0 Å². The van der Waals surface area contributed by atoms with Gasteiger partial charge in [-0.3, -0.25) is 4.79 Å². The molecule has 3 aromatic carbocycles. The number of ether oxygens (including phenoxy) is 2. The zero-order valence-corrected chi connectivity index (χ0v) is 22.2. The number of carbonyl (C=O) groups is 2. The van der Waals surface area contributed by atoms with Gasteiger partial charge < -0.3 is 24.5 Å². The SMILES string of the molecule is [CH2]Cc1cc(NC(C)=O)ccc1OCc1cc(-c2cccc(CNC(=O)OC(C)(C)C)c2)c2occc2c1. The lowest BCUT2D eigenvalue weighted by molar-refractivity contribution is -0.114. The zero-order chi connectivity index (χ0) is 27.3. The average Bonchev–Trinajstić information content (AvgIpc) is 3.33. The van der Waals surface area contributed by atoms with Crippen molar-refractivity contribution in [2.45, 2.75) is 52.9 Å². The number of hydrogen-bond donors (Lipinski definition) is 2. The molecule has 0 saturated carbocycles. The highest BCUT2D eigenvalue weighted by Gasteiger charge is 2.16. The Kier molecular flexibility index (Phi) is 8.05. The number of rotatable bonds is 8. The van der Waals surface area contributed by atoms with Gasteiger partial charge in [-0.25, -0.2) is 4.79 Å². The molecule has 0 atom stereocenters. The van der Waals surface area contributed by atoms with Crippen molar-refractivity contribution in [2.75, 3.05) is 5.32 Å². The van der Waals surface area contributed by atoms with E-state index in [1.165, 1.54) is 6.92 Å². The summed E-state index contributed by atoms with van der Waals surface area (Å²) in [4.78, 5) is 23.5. The second-order valence-corrected chi connectivity index (χ2v) is 10.1. The molecule has 0 aliphatic rings. The van der Waals surface area contributed by atoms with Crippen molar-refractivity contribution in [3.63, 3.8) is 0 Å². The van der Waals surface area contributed by atoms with Crippen LogP contribution in [0.15, 0.2) is 71.3 Å². The Balaban J connectivity index is 1.54. The van der Waals surface area contributed by atoms with Gasteiger partial charge in [-0.05, 0) is 98.8 Å². The molecule has 4 rings (SSSR count). The van der Waals surface area contributed by atoms with Gasteiger partial charge in [-0.1, -0.05) is 18.2 Å². The molecule has 0 fully saturated rings. The smallest absolute Gasteiger partial charge is 0.407 e. The number of nitrogens with one attached hydrogen (secondary N) is 2. The molecule has 4 aromatic rings. The third kappa shape index (κ3) is 6.94. The fourth-order valence-electron chi connectivity index (χ4n) is 4.14. The summed E-state index contributed by atoms with van der Waals surface area (Å²) >= 11 is 0. The van der Waals surface area contributed by atoms with E-state index in [0.29, 0.717) is 25.3 Å². The summed E-state index contributed by atoms with van der Waals surface area (Å²) in [6.45, 7) is 11.7. The number of anilines is 1. The van der Waals surface area contributed by atoms with Gasteiger partial charge >= 0.3 is 6.09 Å². The van der Waals surface area contributed by atoms with Crippen LogP contribution in [0.1, 0.15) is 44.4 Å². The first-order valence-corrected chi connectivity index (χ1v) is 12.5. The highest BCUT2D eigenvalue weighted by Crippen LogP contribution is 2.32. The van der Waals surface area contributed by atoms with Gasteiger partial charge in [0.2, 0.25) is 5.91 Å². The maximum absolute atomic E-state index is 12.1. The van der Waals surface area contributed by atoms with E-state index in [-0.39, 0.29) is 5.91 Å². The number of fused-ring (bicyclic) bond motifs is 1. The first kappa shape index (κ1) is 26.8. The lowest BCUT2D eigenvalue weighted by Crippen LogP contribution is -2.32. The Morgan fingerprint density at radius 2 is 1.82 bits per heavy atom. The maximum Gasteiger partial charge on any atom is 0.407 e. The van der Waals surface area contributed by atoms with Gasteiger partial charge in [0.25, 0.3) is 0 Å². The van der Waals surface area contributed by atoms with Crippen molar-refractivity contribution in [3.05, 3.63) is 90.5 Å². The first-order valence-electron chi connectivity index (χ1n) is 12.5. The Morgan fingerprint density at radius 1 is 1.00 bits per heavy atom. The van der Waals surface area contributed by atoms with E-state index in [1.54, 1.807) is 6.26 Å². The first-order chi connectivity index (χ1) is 18.1. The van der Waals surface area contributed by atoms with Crippen LogP contribution >= 0.6 is 0 Å². The zero-order valence-electron chi connectivity index (χ0n) is 22.2. The van der Waals surface area contributed by atoms with Crippen LogP contribution in [0, 0.1) is 6.92 Å². The Labute approximate surface area is 223 Å². The summed E-state index contributed by atoms with van der Waals surface area (Å²) in [5.41, 5.74) is 5.67. The lowest BCUT2D eigenvalue weighted by atomic mass is 9.99. The third-order valence-electron chi connectivity index (χ3n) is 5.73. The second kappa shape index (κ2) is 11.4. The number of carbonyl (C=O) groups excluding carboxylic acids is 2. The van der Waals surface area contributed by atoms with Crippen molar-refractivity contribution >= 4 is 28.7 Å². The number of benzene rings is 3. The van der Waals surface area contributed by atoms with Gasteiger partial charge in [-0.15, -0.1) is 0 Å². The minimum atomic E-state index is -0.554. The van der Waals surface area contributed by atoms with Gasteiger partial charge in [-0.2, -0.15) is 0 Å². The molecule has 1 heterocycles. The molecule has 0 aliphatic carbocycles. The third-order valence-corrected chi connectivity index (χ3v) is 5.73. The highest BCUT2D eigenvalue weighted by molar-refractivity contribution is 5.93. The van der Waals surface area contributed by atoms with E-state index in [9.17, 15) is 9.59 Å². The van der Waals surface area contributed by atoms with Crippen LogP contribution in [0.5, 0.6) is 5.75 Å². The predicted molar refractivity (Wildman–Crippen MR) is 149 cm³/mol. The summed E-state index contributed by atoms with van der Waals surface area (Å²) in [5, 5.41) is 6.57. The standard InChI is InChI=1S/C31H33N2O5/c1-6-23-17-26(33-20(2)34)10-11-28(23)37-19-22-15-25-12-13-36-29(25)27(16-22)24-9-7-8-21(14-24)18-32-30(35)38-31(3,4)5/h7-17H,1,6,18-19H2,2-5H3,(H,32,35)(H,33,34). The molecule has 7 heteroatoms. The summed E-state index contributed by atoms with van der Waals surface area (Å²) < 4.78 is 17.3. The Bertz CT molecular complexity index is 1450. The molecule has 0 unspecified atom stereocenters. The molecule has 2 amide bonds. The van der Waals surface area contributed by atoms with E-state index in [1.807, 2.05) is 75.4 Å². The normalized spacial score (nSPS) is 11.3. The minimum Gasteiger partial charge on any atom is -0.489 e. The second-order valence-electron chi connectivity index (χ2n) is 10.1. The Morgan fingerprint density at radius 3 is 2.55 bits per heavy atom. The van der Waals surface area contributed by atoms with Crippen molar-refractivity contribution in [1.82, 2.24) is 5.32 Å². The number of furan rings is 1. The van der Waals surface area contributed by atoms with E-state index < -0.39 is 11.7 Å². The van der Waals surface area contributed by atoms with Crippen LogP contribution in [0.4, 0.5) is 10.5 Å². The van der Waals surface area contributed by atoms with Gasteiger partial charge in [0, 0.05) is 30.1 Å². The molecule has 0 aliphatic heterocycles. The number of hydrogen-bond acceptors (Lipinski definition) is 5. The predicted octanol–water partition coefficient (Wildman–Crippen LogP) is 7.04. The van der Waals surface area contributed by atoms with Crippen molar-refractivity contribution in [1.29, 1.82) is 0 Å². The molecule has 2 N–H and O–H groups in total. The van der Waals surface area contributed by atoms with E-state index in [0.717, 1.165) is 44.5 Å². The fourth-order valence-corrected chi connectivity index (χ4v) is 4.14. The van der Waals surface area contributed by atoms with Gasteiger partial charge in [0.15, 0.2) is 0 Å². The molecular weight excluding hydrogens is 480 g/mol. The van der Waals surface area contributed by atoms with E-state index in [2.05, 4.69) is 23.6 Å². The lowest BCUT2D eigenvalue weighted by Gasteiger charge is -2.19. The van der Waals surface area contributed by atoms with Crippen LogP contribution in [-0.4, -0.2) is 17.6 Å². The molecule has 7 nitrogen and oxygen atoms in total. The summed E-state index contributed by atoms with van der Waals surface area (Å²) in [7, 11) is 0. The fraction of sp³-hybridized carbons (Fsp3) is 0.258. The van der Waals surface area contributed by atoms with Crippen LogP contribution in [0.2, 0.25) is 0 Å². The monoisotopic (exact) mass is 513 g/mol. The summed E-state index contributed by atoms with van der Waals surface area (Å²) in [5.74, 6) is 0.595. The van der Waals surface area contributed by atoms with Crippen molar-refractivity contribution < 1.29 is 23.5 Å². The maximum atomic E-state index is 12.1. The molecule has 1 aromatic heterocycles. The minimum absolute atomic E-state index is 0.126. The topological polar surface area (TPSA) is 89.8 Å².